The average Bonchev–Trinajstić information content (AvgIpc) is 2.57. The molecule has 0 aliphatic carbocycles. The van der Waals surface area contributed by atoms with Crippen molar-refractivity contribution in [2.45, 2.75) is 6.54 Å². The lowest BCUT2D eigenvalue weighted by Gasteiger charge is -1.99. The molecule has 0 bridgehead atoms. The third kappa shape index (κ3) is 2.07. The van der Waals surface area contributed by atoms with Crippen LogP contribution in [0.2, 0.25) is 0 Å². The number of carbonyl (C=O) groups is 1. The van der Waals surface area contributed by atoms with Crippen LogP contribution in [0.5, 0.6) is 0 Å². The second kappa shape index (κ2) is 3.85. The topological polar surface area (TPSA) is 90.9 Å². The maximum Gasteiger partial charge on any atom is 0.404 e. The van der Waals surface area contributed by atoms with E-state index in [9.17, 15) is 4.79 Å². The Kier molecular flexibility index (Phi) is 2.55. The minimum Gasteiger partial charge on any atom is -0.465 e. The van der Waals surface area contributed by atoms with Crippen LogP contribution in [0.25, 0.3) is 11.2 Å². The van der Waals surface area contributed by atoms with Crippen molar-refractivity contribution < 1.29 is 9.90 Å². The van der Waals surface area contributed by atoms with Gasteiger partial charge in [0.25, 0.3) is 0 Å². The Morgan fingerprint density at radius 3 is 3.20 bits per heavy atom. The van der Waals surface area contributed by atoms with Crippen LogP contribution in [0.15, 0.2) is 16.9 Å². The molecule has 2 heterocycles. The van der Waals surface area contributed by atoms with Crippen molar-refractivity contribution in [3.8, 4) is 0 Å². The molecule has 0 radical (unpaired) electrons. The first-order valence-corrected chi connectivity index (χ1v) is 4.91. The number of H-pyrrole nitrogens is 1. The molecule has 2 aromatic heterocycles. The van der Waals surface area contributed by atoms with Gasteiger partial charge in [-0.15, -0.1) is 0 Å². The summed E-state index contributed by atoms with van der Waals surface area (Å²) in [4.78, 5) is 21.5. The molecule has 0 aliphatic rings. The Labute approximate surface area is 92.9 Å². The first-order valence-electron chi connectivity index (χ1n) is 4.12. The van der Waals surface area contributed by atoms with Crippen LogP contribution in [-0.2, 0) is 6.54 Å². The van der Waals surface area contributed by atoms with Crippen LogP contribution in [0.3, 0.4) is 0 Å². The van der Waals surface area contributed by atoms with E-state index in [1.54, 1.807) is 6.20 Å². The molecule has 0 atom stereocenters. The summed E-state index contributed by atoms with van der Waals surface area (Å²) in [5, 5.41) is 10.7. The normalized spacial score (nSPS) is 10.5. The fraction of sp³-hybridized carbons (Fsp3) is 0.125. The summed E-state index contributed by atoms with van der Waals surface area (Å²) in [5.41, 5.74) is 1.94. The van der Waals surface area contributed by atoms with Gasteiger partial charge in [-0.25, -0.2) is 14.8 Å². The first-order chi connectivity index (χ1) is 7.16. The van der Waals surface area contributed by atoms with E-state index < -0.39 is 6.09 Å². The van der Waals surface area contributed by atoms with E-state index in [1.165, 1.54) is 6.20 Å². The molecular formula is C8H7BrN4O2. The number of hydrogen-bond donors (Lipinski definition) is 3. The molecule has 0 spiro atoms. The number of halogens is 1. The highest BCUT2D eigenvalue weighted by Gasteiger charge is 2.05. The smallest absolute Gasteiger partial charge is 0.404 e. The second-order valence-corrected chi connectivity index (χ2v) is 3.71. The number of carboxylic acid groups (broad SMARTS) is 1. The van der Waals surface area contributed by atoms with Crippen molar-refractivity contribution >= 4 is 33.2 Å². The maximum atomic E-state index is 10.3. The molecule has 78 valence electrons. The van der Waals surface area contributed by atoms with Crippen LogP contribution in [0.4, 0.5) is 4.79 Å². The Morgan fingerprint density at radius 2 is 2.47 bits per heavy atom. The Bertz CT molecular complexity index is 510. The van der Waals surface area contributed by atoms with Gasteiger partial charge >= 0.3 is 6.09 Å². The molecule has 6 nitrogen and oxygen atoms in total. The number of amides is 1. The van der Waals surface area contributed by atoms with Gasteiger partial charge in [0.2, 0.25) is 0 Å². The number of aromatic amines is 1. The molecule has 0 unspecified atom stereocenters. The zero-order valence-electron chi connectivity index (χ0n) is 7.49. The van der Waals surface area contributed by atoms with E-state index in [2.05, 4.69) is 36.2 Å². The Hall–Kier alpha value is -1.63. The first kappa shape index (κ1) is 9.91. The lowest BCUT2D eigenvalue weighted by atomic mass is 10.4. The van der Waals surface area contributed by atoms with Crippen molar-refractivity contribution in [3.05, 3.63) is 22.6 Å². The molecule has 15 heavy (non-hydrogen) atoms. The lowest BCUT2D eigenvalue weighted by Crippen LogP contribution is -2.20. The number of fused-ring (bicyclic) bond motifs is 1. The van der Waals surface area contributed by atoms with Gasteiger partial charge in [-0.2, -0.15) is 0 Å². The highest BCUT2D eigenvalue weighted by Crippen LogP contribution is 2.19. The average molecular weight is 271 g/mol. The summed E-state index contributed by atoms with van der Waals surface area (Å²) in [6, 6.07) is 0. The molecule has 0 aliphatic heterocycles. The van der Waals surface area contributed by atoms with Gasteiger partial charge in [-0.05, 0) is 15.9 Å². The number of nitrogens with one attached hydrogen (secondary N) is 2. The molecular weight excluding hydrogens is 264 g/mol. The van der Waals surface area contributed by atoms with Gasteiger partial charge in [-0.3, -0.25) is 0 Å². The van der Waals surface area contributed by atoms with E-state index in [4.69, 9.17) is 5.11 Å². The molecule has 7 heteroatoms. The number of hydrogen-bond acceptors (Lipinski definition) is 3. The maximum absolute atomic E-state index is 10.3. The van der Waals surface area contributed by atoms with Crippen LogP contribution in [0, 0.1) is 0 Å². The molecule has 0 aromatic carbocycles. The van der Waals surface area contributed by atoms with Crippen LogP contribution in [-0.4, -0.2) is 26.2 Å². The SMILES string of the molecule is O=C(O)NCc1cnc2[nH]cc(Br)c2n1. The fourth-order valence-electron chi connectivity index (χ4n) is 1.15. The summed E-state index contributed by atoms with van der Waals surface area (Å²) in [5.74, 6) is 0. The van der Waals surface area contributed by atoms with Crippen molar-refractivity contribution in [1.82, 2.24) is 20.3 Å². The zero-order chi connectivity index (χ0) is 10.8. The standard InChI is InChI=1S/C8H7BrN4O2/c9-5-3-11-7-6(5)13-4(1-10-7)2-12-8(14)15/h1,3,12H,2H2,(H,10,11)(H,14,15). The minimum atomic E-state index is -1.08. The van der Waals surface area contributed by atoms with Crippen LogP contribution >= 0.6 is 15.9 Å². The Morgan fingerprint density at radius 1 is 1.67 bits per heavy atom. The Balaban J connectivity index is 2.29. The number of nitrogens with zero attached hydrogens (tertiary/aromatic N) is 2. The predicted octanol–water partition coefficient (Wildman–Crippen LogP) is 1.49. The van der Waals surface area contributed by atoms with Gasteiger partial charge in [0, 0.05) is 6.20 Å². The van der Waals surface area contributed by atoms with Crippen molar-refractivity contribution in [2.24, 2.45) is 0 Å². The van der Waals surface area contributed by atoms with E-state index in [-0.39, 0.29) is 6.54 Å². The highest BCUT2D eigenvalue weighted by molar-refractivity contribution is 9.10. The van der Waals surface area contributed by atoms with Gasteiger partial charge < -0.3 is 15.4 Å². The second-order valence-electron chi connectivity index (χ2n) is 2.85. The monoisotopic (exact) mass is 270 g/mol. The summed E-state index contributed by atoms with van der Waals surface area (Å²) >= 11 is 3.31. The lowest BCUT2D eigenvalue weighted by molar-refractivity contribution is 0.194. The third-order valence-corrected chi connectivity index (χ3v) is 2.41. The van der Waals surface area contributed by atoms with E-state index >= 15 is 0 Å². The largest absolute Gasteiger partial charge is 0.465 e. The summed E-state index contributed by atoms with van der Waals surface area (Å²) in [7, 11) is 0. The predicted molar refractivity (Wildman–Crippen MR) is 56.5 cm³/mol. The molecule has 1 amide bonds. The molecule has 0 fully saturated rings. The van der Waals surface area contributed by atoms with Crippen molar-refractivity contribution in [1.29, 1.82) is 0 Å². The highest BCUT2D eigenvalue weighted by atomic mass is 79.9. The summed E-state index contributed by atoms with van der Waals surface area (Å²) in [6.45, 7) is 0.149. The quantitative estimate of drug-likeness (QED) is 0.771. The van der Waals surface area contributed by atoms with E-state index in [0.29, 0.717) is 16.9 Å². The van der Waals surface area contributed by atoms with E-state index in [1.807, 2.05) is 0 Å². The minimum absolute atomic E-state index is 0.149. The molecule has 2 aromatic rings. The fourth-order valence-corrected chi connectivity index (χ4v) is 1.54. The van der Waals surface area contributed by atoms with Gasteiger partial charge in [0.15, 0.2) is 5.65 Å². The van der Waals surface area contributed by atoms with Crippen LogP contribution in [0.1, 0.15) is 5.69 Å². The van der Waals surface area contributed by atoms with Gasteiger partial charge in [-0.1, -0.05) is 0 Å². The summed E-state index contributed by atoms with van der Waals surface area (Å²) in [6.07, 6.45) is 2.19. The zero-order valence-corrected chi connectivity index (χ0v) is 9.08. The number of rotatable bonds is 2. The third-order valence-electron chi connectivity index (χ3n) is 1.80. The molecule has 3 N–H and O–H groups in total. The van der Waals surface area contributed by atoms with E-state index in [0.717, 1.165) is 4.47 Å². The van der Waals surface area contributed by atoms with Crippen molar-refractivity contribution in [2.75, 3.05) is 0 Å². The summed E-state index contributed by atoms with van der Waals surface area (Å²) < 4.78 is 0.808. The molecule has 0 saturated heterocycles. The van der Waals surface area contributed by atoms with Gasteiger partial charge in [0.1, 0.15) is 5.52 Å². The van der Waals surface area contributed by atoms with Crippen molar-refractivity contribution in [3.63, 3.8) is 0 Å². The van der Waals surface area contributed by atoms with Gasteiger partial charge in [0.05, 0.1) is 22.9 Å². The molecule has 0 saturated carbocycles. The van der Waals surface area contributed by atoms with Crippen LogP contribution < -0.4 is 5.32 Å². The number of aromatic nitrogens is 3. The molecule has 2 rings (SSSR count).